The van der Waals surface area contributed by atoms with Gasteiger partial charge in [0.25, 0.3) is 5.56 Å². The summed E-state index contributed by atoms with van der Waals surface area (Å²) in [7, 11) is 1.65. The lowest BCUT2D eigenvalue weighted by Gasteiger charge is -2.29. The van der Waals surface area contributed by atoms with Gasteiger partial charge in [-0.3, -0.25) is 9.78 Å². The summed E-state index contributed by atoms with van der Waals surface area (Å²) < 4.78 is 1.35. The number of nitrogens with two attached hydrogens (primary N) is 1. The van der Waals surface area contributed by atoms with Crippen molar-refractivity contribution in [2.75, 3.05) is 5.32 Å². The quantitative estimate of drug-likeness (QED) is 0.853. The predicted octanol–water partition coefficient (Wildman–Crippen LogP) is 1.01. The molecule has 2 aromatic rings. The van der Waals surface area contributed by atoms with Crippen molar-refractivity contribution >= 4 is 16.7 Å². The smallest absolute Gasteiger partial charge is 0.276 e. The first-order valence-corrected chi connectivity index (χ1v) is 7.01. The van der Waals surface area contributed by atoms with E-state index in [9.17, 15) is 4.79 Å². The molecule has 0 saturated heterocycles. The Morgan fingerprint density at radius 1 is 1.40 bits per heavy atom. The van der Waals surface area contributed by atoms with Crippen LogP contribution in [0.15, 0.2) is 23.1 Å². The lowest BCUT2D eigenvalue weighted by Crippen LogP contribution is -2.43. The van der Waals surface area contributed by atoms with Crippen molar-refractivity contribution in [2.24, 2.45) is 12.8 Å². The third-order valence-electron chi connectivity index (χ3n) is 3.95. The molecule has 0 unspecified atom stereocenters. The molecule has 2 heterocycles. The largest absolute Gasteiger partial charge is 0.363 e. The van der Waals surface area contributed by atoms with Crippen LogP contribution < -0.4 is 16.6 Å². The van der Waals surface area contributed by atoms with Gasteiger partial charge < -0.3 is 11.1 Å². The van der Waals surface area contributed by atoms with Crippen LogP contribution in [-0.4, -0.2) is 26.8 Å². The van der Waals surface area contributed by atoms with Crippen molar-refractivity contribution in [2.45, 2.75) is 37.8 Å². The number of nitrogens with zero attached hydrogens (tertiary/aromatic N) is 3. The van der Waals surface area contributed by atoms with Crippen LogP contribution in [-0.2, 0) is 7.05 Å². The maximum Gasteiger partial charge on any atom is 0.276 e. The van der Waals surface area contributed by atoms with E-state index in [2.05, 4.69) is 15.4 Å². The average molecular weight is 273 g/mol. The van der Waals surface area contributed by atoms with Gasteiger partial charge in [-0.25, -0.2) is 4.68 Å². The first-order chi connectivity index (χ1) is 9.66. The van der Waals surface area contributed by atoms with E-state index in [1.165, 1.54) is 17.5 Å². The minimum absolute atomic E-state index is 0.126. The number of aryl methyl sites for hydroxylation is 1. The van der Waals surface area contributed by atoms with Gasteiger partial charge in [-0.2, -0.15) is 5.10 Å². The van der Waals surface area contributed by atoms with Crippen molar-refractivity contribution in [3.05, 3.63) is 28.7 Å². The molecule has 1 aliphatic carbocycles. The predicted molar refractivity (Wildman–Crippen MR) is 78.6 cm³/mol. The van der Waals surface area contributed by atoms with E-state index in [-0.39, 0.29) is 17.6 Å². The van der Waals surface area contributed by atoms with Gasteiger partial charge in [0, 0.05) is 25.3 Å². The topological polar surface area (TPSA) is 85.8 Å². The van der Waals surface area contributed by atoms with Crippen LogP contribution >= 0.6 is 0 Å². The summed E-state index contributed by atoms with van der Waals surface area (Å²) >= 11 is 0. The number of rotatable bonds is 2. The highest BCUT2D eigenvalue weighted by Crippen LogP contribution is 2.22. The molecular weight excluding hydrogens is 254 g/mol. The highest BCUT2D eigenvalue weighted by Gasteiger charge is 2.23. The van der Waals surface area contributed by atoms with Crippen LogP contribution in [0.3, 0.4) is 0 Å². The van der Waals surface area contributed by atoms with Crippen LogP contribution in [0, 0.1) is 0 Å². The van der Waals surface area contributed by atoms with Crippen LogP contribution in [0.2, 0.25) is 0 Å². The third kappa shape index (κ3) is 2.27. The Labute approximate surface area is 117 Å². The Bertz CT molecular complexity index is 681. The average Bonchev–Trinajstić information content (AvgIpc) is 2.47. The maximum absolute atomic E-state index is 12.0. The molecule has 6 heteroatoms. The fourth-order valence-electron chi connectivity index (χ4n) is 2.80. The van der Waals surface area contributed by atoms with E-state index in [4.69, 9.17) is 5.73 Å². The molecule has 0 aromatic carbocycles. The molecule has 0 aliphatic heterocycles. The Morgan fingerprint density at radius 2 is 2.20 bits per heavy atom. The number of pyridine rings is 1. The molecule has 2 aromatic heterocycles. The highest BCUT2D eigenvalue weighted by molar-refractivity contribution is 5.87. The second kappa shape index (κ2) is 5.20. The van der Waals surface area contributed by atoms with E-state index in [0.717, 1.165) is 12.8 Å². The molecule has 20 heavy (non-hydrogen) atoms. The van der Waals surface area contributed by atoms with Gasteiger partial charge in [-0.05, 0) is 25.0 Å². The number of nitrogens with one attached hydrogen (secondary N) is 1. The number of hydrogen-bond donors (Lipinski definition) is 2. The van der Waals surface area contributed by atoms with E-state index < -0.39 is 0 Å². The third-order valence-corrected chi connectivity index (χ3v) is 3.95. The summed E-state index contributed by atoms with van der Waals surface area (Å²) in [6, 6.07) is 3.86. The van der Waals surface area contributed by atoms with E-state index in [1.807, 2.05) is 0 Å². The molecule has 106 valence electrons. The van der Waals surface area contributed by atoms with E-state index >= 15 is 0 Å². The zero-order valence-corrected chi connectivity index (χ0v) is 11.5. The standard InChI is InChI=1S/C14H19N5O/c1-19-14(20)9-5-4-8-16-12(9)13(18-19)17-11-7-3-2-6-10(11)15/h4-5,8,10-11H,2-3,6-7,15H2,1H3,(H,17,18)/t10-,11+/m0/s1. The number of hydrogen-bond acceptors (Lipinski definition) is 5. The van der Waals surface area contributed by atoms with Crippen molar-refractivity contribution in [1.29, 1.82) is 0 Å². The Morgan fingerprint density at radius 3 is 3.00 bits per heavy atom. The van der Waals surface area contributed by atoms with Gasteiger partial charge in [0.15, 0.2) is 5.82 Å². The molecule has 2 atom stereocenters. The van der Waals surface area contributed by atoms with Crippen molar-refractivity contribution in [3.8, 4) is 0 Å². The van der Waals surface area contributed by atoms with Crippen molar-refractivity contribution < 1.29 is 0 Å². The van der Waals surface area contributed by atoms with Gasteiger partial charge in [0.05, 0.1) is 5.39 Å². The first-order valence-electron chi connectivity index (χ1n) is 7.01. The summed E-state index contributed by atoms with van der Waals surface area (Å²) in [5.74, 6) is 0.644. The van der Waals surface area contributed by atoms with Crippen LogP contribution in [0.5, 0.6) is 0 Å². The van der Waals surface area contributed by atoms with Gasteiger partial charge in [-0.1, -0.05) is 12.8 Å². The fraction of sp³-hybridized carbons (Fsp3) is 0.500. The first kappa shape index (κ1) is 13.1. The van der Waals surface area contributed by atoms with Gasteiger partial charge in [0.1, 0.15) is 5.52 Å². The van der Waals surface area contributed by atoms with Gasteiger partial charge in [0.2, 0.25) is 0 Å². The molecule has 3 rings (SSSR count). The number of anilines is 1. The normalized spacial score (nSPS) is 22.9. The molecule has 0 amide bonds. The van der Waals surface area contributed by atoms with Crippen molar-refractivity contribution in [1.82, 2.24) is 14.8 Å². The molecule has 1 fully saturated rings. The zero-order chi connectivity index (χ0) is 14.1. The second-order valence-electron chi connectivity index (χ2n) is 5.38. The van der Waals surface area contributed by atoms with E-state index in [0.29, 0.717) is 16.7 Å². The summed E-state index contributed by atoms with van der Waals surface area (Å²) in [4.78, 5) is 16.3. The molecular formula is C14H19N5O. The highest BCUT2D eigenvalue weighted by atomic mass is 16.1. The lowest BCUT2D eigenvalue weighted by molar-refractivity contribution is 0.403. The van der Waals surface area contributed by atoms with Gasteiger partial charge in [-0.15, -0.1) is 0 Å². The minimum Gasteiger partial charge on any atom is -0.363 e. The Balaban J connectivity index is 2.03. The summed E-state index contributed by atoms with van der Waals surface area (Å²) in [5.41, 5.74) is 6.65. The molecule has 6 nitrogen and oxygen atoms in total. The zero-order valence-electron chi connectivity index (χ0n) is 11.5. The van der Waals surface area contributed by atoms with Crippen LogP contribution in [0.1, 0.15) is 25.7 Å². The number of fused-ring (bicyclic) bond motifs is 1. The summed E-state index contributed by atoms with van der Waals surface area (Å²) in [5, 5.41) is 8.27. The molecule has 0 radical (unpaired) electrons. The number of aromatic nitrogens is 3. The summed E-state index contributed by atoms with van der Waals surface area (Å²) in [6.45, 7) is 0. The fourth-order valence-corrected chi connectivity index (χ4v) is 2.80. The van der Waals surface area contributed by atoms with E-state index in [1.54, 1.807) is 25.4 Å². The lowest BCUT2D eigenvalue weighted by atomic mass is 9.91. The van der Waals surface area contributed by atoms with Crippen molar-refractivity contribution in [3.63, 3.8) is 0 Å². The maximum atomic E-state index is 12.0. The summed E-state index contributed by atoms with van der Waals surface area (Å²) in [6.07, 6.45) is 6.08. The molecule has 1 aliphatic rings. The van der Waals surface area contributed by atoms with Crippen LogP contribution in [0.25, 0.3) is 10.9 Å². The van der Waals surface area contributed by atoms with Gasteiger partial charge >= 0.3 is 0 Å². The second-order valence-corrected chi connectivity index (χ2v) is 5.38. The molecule has 1 saturated carbocycles. The minimum atomic E-state index is -0.133. The molecule has 3 N–H and O–H groups in total. The molecule has 0 spiro atoms. The Hall–Kier alpha value is -1.95. The SMILES string of the molecule is Cn1nc(N[C@@H]2CCCC[C@@H]2N)c2ncccc2c1=O. The van der Waals surface area contributed by atoms with Crippen LogP contribution in [0.4, 0.5) is 5.82 Å². The monoisotopic (exact) mass is 273 g/mol. The molecule has 0 bridgehead atoms. The Kier molecular flexibility index (Phi) is 3.40.